The molecule has 3 heterocycles. The minimum atomic E-state index is 0.0157. The fourth-order valence-electron chi connectivity index (χ4n) is 4.41. The number of hydrogen-bond acceptors (Lipinski definition) is 4. The van der Waals surface area contributed by atoms with E-state index in [4.69, 9.17) is 9.15 Å². The first-order chi connectivity index (χ1) is 15.0. The molecule has 2 aromatic heterocycles. The van der Waals surface area contributed by atoms with E-state index < -0.39 is 0 Å². The molecule has 0 bridgehead atoms. The Balaban J connectivity index is 1.33. The molecule has 31 heavy (non-hydrogen) atoms. The van der Waals surface area contributed by atoms with Gasteiger partial charge in [0, 0.05) is 42.6 Å². The van der Waals surface area contributed by atoms with Crippen molar-refractivity contribution >= 4 is 5.91 Å². The van der Waals surface area contributed by atoms with E-state index in [1.807, 2.05) is 50.2 Å². The summed E-state index contributed by atoms with van der Waals surface area (Å²) in [4.78, 5) is 15.4. The van der Waals surface area contributed by atoms with Crippen LogP contribution in [-0.4, -0.2) is 41.6 Å². The zero-order valence-corrected chi connectivity index (χ0v) is 18.6. The lowest BCUT2D eigenvalue weighted by Gasteiger charge is -2.32. The summed E-state index contributed by atoms with van der Waals surface area (Å²) in [6, 6.07) is 14.2. The number of ether oxygens (including phenoxy) is 1. The second kappa shape index (κ2) is 9.43. The molecule has 1 aliphatic heterocycles. The van der Waals surface area contributed by atoms with Crippen molar-refractivity contribution < 1.29 is 13.9 Å². The molecule has 3 aromatic rings. The zero-order chi connectivity index (χ0) is 21.8. The minimum absolute atomic E-state index is 0.0157. The smallest absolute Gasteiger partial charge is 0.253 e. The first-order valence-corrected chi connectivity index (χ1v) is 10.9. The van der Waals surface area contributed by atoms with Gasteiger partial charge in [-0.1, -0.05) is 18.2 Å². The molecule has 0 aliphatic carbocycles. The number of carbonyl (C=O) groups is 1. The van der Waals surface area contributed by atoms with Gasteiger partial charge in [0.2, 0.25) is 0 Å². The number of methoxy groups -OCH3 is 1. The first-order valence-electron chi connectivity index (χ1n) is 10.9. The normalized spacial score (nSPS) is 15.2. The number of carbonyl (C=O) groups excluding carboxylic acids is 1. The second-order valence-corrected chi connectivity index (χ2v) is 8.29. The van der Waals surface area contributed by atoms with Gasteiger partial charge in [0.05, 0.1) is 25.5 Å². The summed E-state index contributed by atoms with van der Waals surface area (Å²) < 4.78 is 13.1. The van der Waals surface area contributed by atoms with Gasteiger partial charge in [0.25, 0.3) is 5.91 Å². The van der Waals surface area contributed by atoms with Crippen molar-refractivity contribution in [2.45, 2.75) is 45.8 Å². The lowest BCUT2D eigenvalue weighted by Crippen LogP contribution is -2.44. The van der Waals surface area contributed by atoms with Crippen molar-refractivity contribution in [3.8, 4) is 5.75 Å². The number of para-hydroxylation sites is 1. The van der Waals surface area contributed by atoms with Crippen LogP contribution in [0.3, 0.4) is 0 Å². The molecule has 1 fully saturated rings. The number of likely N-dealkylation sites (tertiary alicyclic amines) is 1. The quantitative estimate of drug-likeness (QED) is 0.623. The number of aromatic nitrogens is 1. The SMILES string of the molecule is COc1ccccc1CN1CCC(NC(=O)c2cc(C)n(Cc3ccco3)c2C)CC1. The molecule has 0 saturated carbocycles. The van der Waals surface area contributed by atoms with Crippen LogP contribution in [0.25, 0.3) is 0 Å². The second-order valence-electron chi connectivity index (χ2n) is 8.29. The number of nitrogens with one attached hydrogen (secondary N) is 1. The van der Waals surface area contributed by atoms with Crippen LogP contribution in [0.4, 0.5) is 0 Å². The van der Waals surface area contributed by atoms with Gasteiger partial charge in [-0.25, -0.2) is 0 Å². The van der Waals surface area contributed by atoms with Crippen LogP contribution < -0.4 is 10.1 Å². The highest BCUT2D eigenvalue weighted by molar-refractivity contribution is 5.95. The standard InChI is InChI=1S/C25H31N3O3/c1-18-15-23(19(2)28(18)17-22-8-6-14-31-22)25(29)26-21-10-12-27(13-11-21)16-20-7-4-5-9-24(20)30-3/h4-9,14-15,21H,10-13,16-17H2,1-3H3,(H,26,29). The van der Waals surface area contributed by atoms with E-state index in [2.05, 4.69) is 20.9 Å². The fourth-order valence-corrected chi connectivity index (χ4v) is 4.41. The van der Waals surface area contributed by atoms with E-state index >= 15 is 0 Å². The topological polar surface area (TPSA) is 59.6 Å². The fraction of sp³-hybridized carbons (Fsp3) is 0.400. The van der Waals surface area contributed by atoms with Gasteiger partial charge in [-0.2, -0.15) is 0 Å². The Morgan fingerprint density at radius 1 is 1.13 bits per heavy atom. The molecule has 0 spiro atoms. The molecular weight excluding hydrogens is 390 g/mol. The molecule has 0 unspecified atom stereocenters. The van der Waals surface area contributed by atoms with Gasteiger partial charge in [-0.05, 0) is 51.0 Å². The van der Waals surface area contributed by atoms with E-state index in [1.165, 1.54) is 5.56 Å². The molecular formula is C25H31N3O3. The number of hydrogen-bond donors (Lipinski definition) is 1. The third kappa shape index (κ3) is 4.85. The molecule has 6 nitrogen and oxygen atoms in total. The van der Waals surface area contributed by atoms with Gasteiger partial charge in [-0.15, -0.1) is 0 Å². The highest BCUT2D eigenvalue weighted by Gasteiger charge is 2.24. The third-order valence-electron chi connectivity index (χ3n) is 6.22. The van der Waals surface area contributed by atoms with E-state index in [1.54, 1.807) is 13.4 Å². The van der Waals surface area contributed by atoms with Crippen LogP contribution in [-0.2, 0) is 13.1 Å². The summed E-state index contributed by atoms with van der Waals surface area (Å²) in [5, 5.41) is 3.26. The summed E-state index contributed by atoms with van der Waals surface area (Å²) in [6.45, 7) is 7.46. The Bertz CT molecular complexity index is 1010. The van der Waals surface area contributed by atoms with Crippen molar-refractivity contribution in [3.63, 3.8) is 0 Å². The molecule has 0 atom stereocenters. The predicted molar refractivity (Wildman–Crippen MR) is 120 cm³/mol. The maximum atomic E-state index is 13.0. The van der Waals surface area contributed by atoms with Crippen molar-refractivity contribution in [3.05, 3.63) is 77.0 Å². The maximum absolute atomic E-state index is 13.0. The molecule has 4 rings (SSSR count). The number of aryl methyl sites for hydroxylation is 1. The summed E-state index contributed by atoms with van der Waals surface area (Å²) >= 11 is 0. The lowest BCUT2D eigenvalue weighted by atomic mass is 10.0. The van der Waals surface area contributed by atoms with Gasteiger partial charge in [-0.3, -0.25) is 9.69 Å². The van der Waals surface area contributed by atoms with Crippen LogP contribution >= 0.6 is 0 Å². The molecule has 1 N–H and O–H groups in total. The number of piperidine rings is 1. The van der Waals surface area contributed by atoms with Crippen LogP contribution in [0.5, 0.6) is 5.75 Å². The van der Waals surface area contributed by atoms with E-state index in [-0.39, 0.29) is 11.9 Å². The molecule has 1 aliphatic rings. The van der Waals surface area contributed by atoms with Gasteiger partial charge in [0.15, 0.2) is 0 Å². The zero-order valence-electron chi connectivity index (χ0n) is 18.6. The highest BCUT2D eigenvalue weighted by atomic mass is 16.5. The summed E-state index contributed by atoms with van der Waals surface area (Å²) in [6.07, 6.45) is 3.58. The van der Waals surface area contributed by atoms with E-state index in [9.17, 15) is 4.79 Å². The average molecular weight is 422 g/mol. The minimum Gasteiger partial charge on any atom is -0.496 e. The van der Waals surface area contributed by atoms with Crippen LogP contribution in [0.1, 0.15) is 45.9 Å². The van der Waals surface area contributed by atoms with E-state index in [0.29, 0.717) is 6.54 Å². The van der Waals surface area contributed by atoms with Crippen molar-refractivity contribution in [1.29, 1.82) is 0 Å². The van der Waals surface area contributed by atoms with Gasteiger partial charge in [0.1, 0.15) is 11.5 Å². The Labute approximate surface area is 183 Å². The molecule has 0 radical (unpaired) electrons. The van der Waals surface area contributed by atoms with Crippen LogP contribution in [0, 0.1) is 13.8 Å². The predicted octanol–water partition coefficient (Wildman–Crippen LogP) is 4.15. The molecule has 1 saturated heterocycles. The highest BCUT2D eigenvalue weighted by Crippen LogP contribution is 2.22. The Morgan fingerprint density at radius 3 is 2.61 bits per heavy atom. The maximum Gasteiger partial charge on any atom is 0.253 e. The van der Waals surface area contributed by atoms with Crippen molar-refractivity contribution in [2.75, 3.05) is 20.2 Å². The number of furan rings is 1. The average Bonchev–Trinajstić information content (AvgIpc) is 3.39. The van der Waals surface area contributed by atoms with Gasteiger partial charge >= 0.3 is 0 Å². The summed E-state index contributed by atoms with van der Waals surface area (Å²) in [7, 11) is 1.71. The molecule has 1 aromatic carbocycles. The number of amides is 1. The lowest BCUT2D eigenvalue weighted by molar-refractivity contribution is 0.0908. The number of benzene rings is 1. The summed E-state index contributed by atoms with van der Waals surface area (Å²) in [5.41, 5.74) is 3.99. The van der Waals surface area contributed by atoms with Gasteiger partial charge < -0.3 is 19.0 Å². The Hall–Kier alpha value is -2.99. The molecule has 1 amide bonds. The number of rotatable bonds is 7. The largest absolute Gasteiger partial charge is 0.496 e. The number of nitrogens with zero attached hydrogens (tertiary/aromatic N) is 2. The first kappa shape index (κ1) is 21.2. The van der Waals surface area contributed by atoms with Crippen LogP contribution in [0.15, 0.2) is 53.1 Å². The van der Waals surface area contributed by atoms with Crippen molar-refractivity contribution in [2.24, 2.45) is 0 Å². The monoisotopic (exact) mass is 421 g/mol. The van der Waals surface area contributed by atoms with Crippen molar-refractivity contribution in [1.82, 2.24) is 14.8 Å². The molecule has 164 valence electrons. The van der Waals surface area contributed by atoms with E-state index in [0.717, 1.165) is 60.9 Å². The molecule has 6 heteroatoms. The third-order valence-corrected chi connectivity index (χ3v) is 6.22. The summed E-state index contributed by atoms with van der Waals surface area (Å²) in [5.74, 6) is 1.83. The Kier molecular flexibility index (Phi) is 6.47. The Morgan fingerprint density at radius 2 is 1.90 bits per heavy atom. The van der Waals surface area contributed by atoms with Crippen LogP contribution in [0.2, 0.25) is 0 Å².